The van der Waals surface area contributed by atoms with Crippen LogP contribution in [-0.4, -0.2) is 18.9 Å². The summed E-state index contributed by atoms with van der Waals surface area (Å²) >= 11 is 0. The predicted molar refractivity (Wildman–Crippen MR) is 112 cm³/mol. The SMILES string of the molecule is O=C(c1ccccc1)c1ccc(Oc2ccc(CC3CCNCC3)cc2)cc1. The molecule has 1 aliphatic heterocycles. The summed E-state index contributed by atoms with van der Waals surface area (Å²) in [5.74, 6) is 2.35. The molecular weight excluding hydrogens is 346 g/mol. The Labute approximate surface area is 166 Å². The van der Waals surface area contributed by atoms with Crippen LogP contribution in [0.3, 0.4) is 0 Å². The predicted octanol–water partition coefficient (Wildman–Crippen LogP) is 5.25. The molecule has 1 saturated heterocycles. The lowest BCUT2D eigenvalue weighted by Gasteiger charge is -2.22. The summed E-state index contributed by atoms with van der Waals surface area (Å²) in [4.78, 5) is 12.5. The summed E-state index contributed by atoms with van der Waals surface area (Å²) in [5.41, 5.74) is 2.72. The first kappa shape index (κ1) is 18.5. The number of hydrogen-bond acceptors (Lipinski definition) is 3. The summed E-state index contributed by atoms with van der Waals surface area (Å²) in [7, 11) is 0. The van der Waals surface area contributed by atoms with Crippen LogP contribution in [-0.2, 0) is 6.42 Å². The van der Waals surface area contributed by atoms with E-state index in [1.807, 2.05) is 66.7 Å². The molecule has 0 amide bonds. The van der Waals surface area contributed by atoms with Crippen molar-refractivity contribution in [3.8, 4) is 11.5 Å². The molecule has 1 N–H and O–H groups in total. The van der Waals surface area contributed by atoms with Crippen molar-refractivity contribution in [3.05, 3.63) is 95.6 Å². The van der Waals surface area contributed by atoms with Gasteiger partial charge in [0.1, 0.15) is 11.5 Å². The van der Waals surface area contributed by atoms with Gasteiger partial charge >= 0.3 is 0 Å². The highest BCUT2D eigenvalue weighted by Gasteiger charge is 2.13. The van der Waals surface area contributed by atoms with Crippen LogP contribution in [0.4, 0.5) is 0 Å². The smallest absolute Gasteiger partial charge is 0.193 e. The fraction of sp³-hybridized carbons (Fsp3) is 0.240. The van der Waals surface area contributed by atoms with Crippen LogP contribution in [0.15, 0.2) is 78.9 Å². The summed E-state index contributed by atoms with van der Waals surface area (Å²) in [6.45, 7) is 2.27. The van der Waals surface area contributed by atoms with Gasteiger partial charge in [-0.1, -0.05) is 42.5 Å². The fourth-order valence-corrected chi connectivity index (χ4v) is 3.68. The lowest BCUT2D eigenvalue weighted by atomic mass is 9.91. The zero-order valence-corrected chi connectivity index (χ0v) is 15.9. The number of ketones is 1. The van der Waals surface area contributed by atoms with E-state index in [4.69, 9.17) is 4.74 Å². The van der Waals surface area contributed by atoms with E-state index in [0.717, 1.165) is 36.9 Å². The minimum absolute atomic E-state index is 0.0226. The van der Waals surface area contributed by atoms with E-state index in [2.05, 4.69) is 17.4 Å². The van der Waals surface area contributed by atoms with E-state index in [-0.39, 0.29) is 5.78 Å². The standard InChI is InChI=1S/C25H25NO2/c27-25(21-4-2-1-3-5-21)22-8-12-24(13-9-22)28-23-10-6-19(7-11-23)18-20-14-16-26-17-15-20/h1-13,20,26H,14-18H2. The van der Waals surface area contributed by atoms with Crippen LogP contribution in [0.2, 0.25) is 0 Å². The Bertz CT molecular complexity index is 896. The Morgan fingerprint density at radius 2 is 1.36 bits per heavy atom. The molecule has 142 valence electrons. The van der Waals surface area contributed by atoms with Crippen LogP contribution >= 0.6 is 0 Å². The van der Waals surface area contributed by atoms with Gasteiger partial charge in [0.25, 0.3) is 0 Å². The molecule has 1 fully saturated rings. The number of rotatable bonds is 6. The summed E-state index contributed by atoms with van der Waals surface area (Å²) < 4.78 is 5.94. The third-order valence-corrected chi connectivity index (χ3v) is 5.29. The molecule has 0 radical (unpaired) electrons. The first-order valence-corrected chi connectivity index (χ1v) is 9.95. The number of benzene rings is 3. The van der Waals surface area contributed by atoms with Gasteiger partial charge in [-0.25, -0.2) is 0 Å². The van der Waals surface area contributed by atoms with E-state index in [0.29, 0.717) is 11.1 Å². The van der Waals surface area contributed by atoms with Gasteiger partial charge in [0.2, 0.25) is 0 Å². The quantitative estimate of drug-likeness (QED) is 0.601. The van der Waals surface area contributed by atoms with Gasteiger partial charge in [0.15, 0.2) is 5.78 Å². The molecule has 3 aromatic rings. The van der Waals surface area contributed by atoms with E-state index >= 15 is 0 Å². The monoisotopic (exact) mass is 371 g/mol. The van der Waals surface area contributed by atoms with Crippen LogP contribution in [0.1, 0.15) is 34.3 Å². The topological polar surface area (TPSA) is 38.3 Å². The molecule has 1 aliphatic rings. The van der Waals surface area contributed by atoms with E-state index in [1.165, 1.54) is 18.4 Å². The van der Waals surface area contributed by atoms with E-state index in [1.54, 1.807) is 0 Å². The molecule has 0 saturated carbocycles. The van der Waals surface area contributed by atoms with Crippen molar-refractivity contribution in [2.45, 2.75) is 19.3 Å². The van der Waals surface area contributed by atoms with Gasteiger partial charge in [0, 0.05) is 11.1 Å². The molecule has 0 atom stereocenters. The highest BCUT2D eigenvalue weighted by atomic mass is 16.5. The van der Waals surface area contributed by atoms with Crippen molar-refractivity contribution in [2.75, 3.05) is 13.1 Å². The lowest BCUT2D eigenvalue weighted by Crippen LogP contribution is -2.28. The molecule has 0 aromatic heterocycles. The molecule has 1 heterocycles. The lowest BCUT2D eigenvalue weighted by molar-refractivity contribution is 0.103. The van der Waals surface area contributed by atoms with Crippen LogP contribution in [0.25, 0.3) is 0 Å². The first-order valence-electron chi connectivity index (χ1n) is 9.95. The average Bonchev–Trinajstić information content (AvgIpc) is 2.76. The number of nitrogens with one attached hydrogen (secondary N) is 1. The highest BCUT2D eigenvalue weighted by Crippen LogP contribution is 2.25. The summed E-state index contributed by atoms with van der Waals surface area (Å²) in [6, 6.07) is 25.0. The van der Waals surface area contributed by atoms with E-state index < -0.39 is 0 Å². The van der Waals surface area contributed by atoms with Gasteiger partial charge < -0.3 is 10.1 Å². The molecule has 3 aromatic carbocycles. The maximum Gasteiger partial charge on any atom is 0.193 e. The zero-order valence-electron chi connectivity index (χ0n) is 15.9. The van der Waals surface area contributed by atoms with Gasteiger partial charge in [-0.2, -0.15) is 0 Å². The van der Waals surface area contributed by atoms with Crippen molar-refractivity contribution < 1.29 is 9.53 Å². The molecule has 0 spiro atoms. The van der Waals surface area contributed by atoms with Crippen molar-refractivity contribution in [3.63, 3.8) is 0 Å². The van der Waals surface area contributed by atoms with Crippen molar-refractivity contribution in [1.29, 1.82) is 0 Å². The van der Waals surface area contributed by atoms with E-state index in [9.17, 15) is 4.79 Å². The molecule has 0 aliphatic carbocycles. The highest BCUT2D eigenvalue weighted by molar-refractivity contribution is 6.08. The fourth-order valence-electron chi connectivity index (χ4n) is 3.68. The number of ether oxygens (including phenoxy) is 1. The Balaban J connectivity index is 1.37. The molecule has 0 unspecified atom stereocenters. The number of carbonyl (C=O) groups is 1. The second-order valence-corrected chi connectivity index (χ2v) is 7.36. The maximum atomic E-state index is 12.5. The van der Waals surface area contributed by atoms with Crippen LogP contribution in [0.5, 0.6) is 11.5 Å². The van der Waals surface area contributed by atoms with Crippen LogP contribution < -0.4 is 10.1 Å². The Hall–Kier alpha value is -2.91. The molecular formula is C25H25NO2. The molecule has 3 nitrogen and oxygen atoms in total. The third kappa shape index (κ3) is 4.68. The van der Waals surface area contributed by atoms with Crippen molar-refractivity contribution in [1.82, 2.24) is 5.32 Å². The molecule has 4 rings (SSSR count). The Morgan fingerprint density at radius 3 is 2.00 bits per heavy atom. The summed E-state index contributed by atoms with van der Waals surface area (Å²) in [5, 5.41) is 3.42. The maximum absolute atomic E-state index is 12.5. The zero-order chi connectivity index (χ0) is 19.2. The van der Waals surface area contributed by atoms with Gasteiger partial charge in [-0.05, 0) is 80.2 Å². The number of carbonyl (C=O) groups excluding carboxylic acids is 1. The van der Waals surface area contributed by atoms with Gasteiger partial charge in [-0.3, -0.25) is 4.79 Å². The molecule has 3 heteroatoms. The second-order valence-electron chi connectivity index (χ2n) is 7.36. The third-order valence-electron chi connectivity index (χ3n) is 5.29. The minimum Gasteiger partial charge on any atom is -0.457 e. The number of piperidine rings is 1. The van der Waals surface area contributed by atoms with Gasteiger partial charge in [-0.15, -0.1) is 0 Å². The molecule has 28 heavy (non-hydrogen) atoms. The number of hydrogen-bond donors (Lipinski definition) is 1. The Morgan fingerprint density at radius 1 is 0.786 bits per heavy atom. The average molecular weight is 371 g/mol. The largest absolute Gasteiger partial charge is 0.457 e. The van der Waals surface area contributed by atoms with Crippen molar-refractivity contribution >= 4 is 5.78 Å². The molecule has 0 bridgehead atoms. The second kappa shape index (κ2) is 8.85. The summed E-state index contributed by atoms with van der Waals surface area (Å²) in [6.07, 6.45) is 3.65. The Kier molecular flexibility index (Phi) is 5.83. The van der Waals surface area contributed by atoms with Gasteiger partial charge in [0.05, 0.1) is 0 Å². The minimum atomic E-state index is 0.0226. The normalized spacial score (nSPS) is 14.6. The first-order chi connectivity index (χ1) is 13.8. The van der Waals surface area contributed by atoms with Crippen LogP contribution in [0, 0.1) is 5.92 Å². The van der Waals surface area contributed by atoms with Crippen molar-refractivity contribution in [2.24, 2.45) is 5.92 Å².